The Morgan fingerprint density at radius 1 is 1.16 bits per heavy atom. The van der Waals surface area contributed by atoms with Crippen LogP contribution in [0.25, 0.3) is 6.08 Å². The van der Waals surface area contributed by atoms with Crippen LogP contribution in [0.4, 0.5) is 0 Å². The maximum atomic E-state index is 12.1. The van der Waals surface area contributed by atoms with E-state index in [1.165, 1.54) is 45.2 Å². The van der Waals surface area contributed by atoms with Gasteiger partial charge in [-0.1, -0.05) is 48.9 Å². The molecule has 134 valence electrons. The fourth-order valence-electron chi connectivity index (χ4n) is 4.03. The summed E-state index contributed by atoms with van der Waals surface area (Å²) in [5.41, 5.74) is 2.04. The van der Waals surface area contributed by atoms with Crippen molar-refractivity contribution in [2.45, 2.75) is 45.1 Å². The summed E-state index contributed by atoms with van der Waals surface area (Å²) >= 11 is 0. The van der Waals surface area contributed by atoms with Crippen molar-refractivity contribution >= 4 is 12.0 Å². The largest absolute Gasteiger partial charge is 0.462 e. The highest BCUT2D eigenvalue weighted by Crippen LogP contribution is 2.31. The summed E-state index contributed by atoms with van der Waals surface area (Å²) in [6.45, 7) is 4.94. The summed E-state index contributed by atoms with van der Waals surface area (Å²) in [5.74, 6) is 0.287. The van der Waals surface area contributed by atoms with Crippen LogP contribution in [0.15, 0.2) is 48.1 Å². The highest BCUT2D eigenvalue weighted by molar-refractivity contribution is 5.83. The van der Waals surface area contributed by atoms with Gasteiger partial charge in [0, 0.05) is 18.0 Å². The predicted molar refractivity (Wildman–Crippen MR) is 102 cm³/mol. The number of carbonyl (C=O) groups excluding carboxylic acids is 1. The zero-order chi connectivity index (χ0) is 17.5. The molecule has 25 heavy (non-hydrogen) atoms. The molecule has 2 heterocycles. The lowest BCUT2D eigenvalue weighted by Crippen LogP contribution is -2.49. The summed E-state index contributed by atoms with van der Waals surface area (Å²) in [4.78, 5) is 14.7. The number of carbonyl (C=O) groups is 1. The lowest BCUT2D eigenvalue weighted by molar-refractivity contribution is -0.140. The van der Waals surface area contributed by atoms with Crippen LogP contribution in [0.3, 0.4) is 0 Å². The second-order valence-electron chi connectivity index (χ2n) is 7.26. The molecular weight excluding hydrogens is 310 g/mol. The number of hydrogen-bond acceptors (Lipinski definition) is 3. The molecule has 2 atom stereocenters. The minimum absolute atomic E-state index is 0.219. The minimum atomic E-state index is -0.219. The molecule has 1 aromatic rings. The molecule has 0 aromatic heterocycles. The minimum Gasteiger partial charge on any atom is -0.462 e. The van der Waals surface area contributed by atoms with Crippen LogP contribution in [-0.4, -0.2) is 36.6 Å². The van der Waals surface area contributed by atoms with Crippen LogP contribution in [-0.2, 0) is 9.53 Å². The Labute approximate surface area is 151 Å². The zero-order valence-electron chi connectivity index (χ0n) is 15.2. The average molecular weight is 339 g/mol. The van der Waals surface area contributed by atoms with Gasteiger partial charge in [-0.05, 0) is 56.8 Å². The van der Waals surface area contributed by atoms with Crippen LogP contribution >= 0.6 is 0 Å². The van der Waals surface area contributed by atoms with Crippen molar-refractivity contribution in [3.63, 3.8) is 0 Å². The van der Waals surface area contributed by atoms with E-state index < -0.39 is 0 Å². The number of fused-ring (bicyclic) bond motifs is 1. The van der Waals surface area contributed by atoms with Crippen molar-refractivity contribution in [1.29, 1.82) is 0 Å². The Morgan fingerprint density at radius 3 is 2.80 bits per heavy atom. The van der Waals surface area contributed by atoms with Gasteiger partial charge in [0.25, 0.3) is 0 Å². The zero-order valence-corrected chi connectivity index (χ0v) is 15.2. The van der Waals surface area contributed by atoms with E-state index in [0.29, 0.717) is 18.6 Å². The Morgan fingerprint density at radius 2 is 1.96 bits per heavy atom. The summed E-state index contributed by atoms with van der Waals surface area (Å²) in [6.07, 6.45) is 11.9. The van der Waals surface area contributed by atoms with E-state index in [4.69, 9.17) is 4.74 Å². The Hall–Kier alpha value is -1.87. The summed E-state index contributed by atoms with van der Waals surface area (Å²) in [5, 5.41) is 0. The molecule has 3 heteroatoms. The number of ether oxygens (including phenoxy) is 1. The lowest BCUT2D eigenvalue weighted by atomic mass is 9.84. The molecule has 1 aromatic carbocycles. The number of benzene rings is 1. The first-order valence-electron chi connectivity index (χ1n) is 9.54. The van der Waals surface area contributed by atoms with Gasteiger partial charge in [-0.3, -0.25) is 4.90 Å². The van der Waals surface area contributed by atoms with Crippen LogP contribution < -0.4 is 0 Å². The summed E-state index contributed by atoms with van der Waals surface area (Å²) in [6, 6.07) is 10.7. The predicted octanol–water partition coefficient (Wildman–Crippen LogP) is 4.45. The average Bonchev–Trinajstić information content (AvgIpc) is 2.65. The molecular formula is C22H29NO2. The molecule has 0 saturated carbocycles. The van der Waals surface area contributed by atoms with Gasteiger partial charge in [0.2, 0.25) is 0 Å². The van der Waals surface area contributed by atoms with E-state index in [2.05, 4.69) is 4.90 Å². The van der Waals surface area contributed by atoms with Gasteiger partial charge in [0.05, 0.1) is 6.61 Å². The third-order valence-electron chi connectivity index (χ3n) is 5.35. The van der Waals surface area contributed by atoms with Crippen LogP contribution in [0.5, 0.6) is 0 Å². The Bertz CT molecular complexity index is 618. The molecule has 0 aliphatic carbocycles. The third kappa shape index (κ3) is 5.30. The van der Waals surface area contributed by atoms with Crippen molar-refractivity contribution < 1.29 is 9.53 Å². The first kappa shape index (κ1) is 17.9. The molecule has 3 rings (SSSR count). The maximum absolute atomic E-state index is 12.1. The van der Waals surface area contributed by atoms with Gasteiger partial charge < -0.3 is 4.74 Å². The molecule has 0 N–H and O–H groups in total. The van der Waals surface area contributed by atoms with E-state index in [9.17, 15) is 4.79 Å². The fraction of sp³-hybridized carbons (Fsp3) is 0.500. The molecule has 2 aliphatic heterocycles. The highest BCUT2D eigenvalue weighted by Gasteiger charge is 2.33. The SMILES string of the molecule is CC(C=Cc1ccccc1)=CC(=O)OC[C@@H]1CCCN2CCCC[C@H]12. The van der Waals surface area contributed by atoms with Crippen molar-refractivity contribution in [2.24, 2.45) is 5.92 Å². The normalized spacial score (nSPS) is 24.9. The standard InChI is InChI=1S/C22H29NO2/c1-18(12-13-19-8-3-2-4-9-19)16-22(24)25-17-20-10-7-15-23-14-6-5-11-21(20)23/h2-4,8-9,12-13,16,20-21H,5-7,10-11,14-15,17H2,1H3/t20-,21+/m0/s1. The molecule has 0 bridgehead atoms. The number of allylic oxidation sites excluding steroid dienone is 2. The topological polar surface area (TPSA) is 29.5 Å². The lowest BCUT2D eigenvalue weighted by Gasteiger charge is -2.44. The van der Waals surface area contributed by atoms with Crippen LogP contribution in [0, 0.1) is 5.92 Å². The van der Waals surface area contributed by atoms with Gasteiger partial charge in [-0.2, -0.15) is 0 Å². The molecule has 2 aliphatic rings. The second kappa shape index (κ2) is 9.00. The van der Waals surface area contributed by atoms with Crippen molar-refractivity contribution in [3.8, 4) is 0 Å². The molecule has 0 radical (unpaired) electrons. The molecule has 0 spiro atoms. The second-order valence-corrected chi connectivity index (χ2v) is 7.26. The molecule has 3 nitrogen and oxygen atoms in total. The fourth-order valence-corrected chi connectivity index (χ4v) is 4.03. The van der Waals surface area contributed by atoms with E-state index in [1.54, 1.807) is 6.08 Å². The van der Waals surface area contributed by atoms with E-state index >= 15 is 0 Å². The van der Waals surface area contributed by atoms with Crippen molar-refractivity contribution in [1.82, 2.24) is 4.90 Å². The van der Waals surface area contributed by atoms with Gasteiger partial charge in [0.15, 0.2) is 0 Å². The number of esters is 1. The van der Waals surface area contributed by atoms with E-state index in [-0.39, 0.29) is 5.97 Å². The van der Waals surface area contributed by atoms with Gasteiger partial charge in [-0.25, -0.2) is 4.79 Å². The first-order valence-corrected chi connectivity index (χ1v) is 9.54. The Kier molecular flexibility index (Phi) is 6.46. The van der Waals surface area contributed by atoms with Gasteiger partial charge >= 0.3 is 5.97 Å². The van der Waals surface area contributed by atoms with Gasteiger partial charge in [0.1, 0.15) is 0 Å². The van der Waals surface area contributed by atoms with E-state index in [1.807, 2.05) is 49.4 Å². The summed E-state index contributed by atoms with van der Waals surface area (Å²) in [7, 11) is 0. The number of hydrogen-bond donors (Lipinski definition) is 0. The monoisotopic (exact) mass is 339 g/mol. The molecule has 0 unspecified atom stereocenters. The van der Waals surface area contributed by atoms with Crippen LogP contribution in [0.2, 0.25) is 0 Å². The molecule has 0 amide bonds. The smallest absolute Gasteiger partial charge is 0.331 e. The maximum Gasteiger partial charge on any atom is 0.331 e. The quantitative estimate of drug-likeness (QED) is 0.451. The number of piperidine rings is 2. The van der Waals surface area contributed by atoms with Crippen molar-refractivity contribution in [2.75, 3.05) is 19.7 Å². The Balaban J connectivity index is 1.49. The summed E-state index contributed by atoms with van der Waals surface area (Å²) < 4.78 is 5.58. The van der Waals surface area contributed by atoms with E-state index in [0.717, 1.165) is 11.1 Å². The van der Waals surface area contributed by atoms with Crippen LogP contribution in [0.1, 0.15) is 44.6 Å². The number of nitrogens with zero attached hydrogens (tertiary/aromatic N) is 1. The molecule has 2 saturated heterocycles. The van der Waals surface area contributed by atoms with Gasteiger partial charge in [-0.15, -0.1) is 0 Å². The third-order valence-corrected chi connectivity index (χ3v) is 5.35. The van der Waals surface area contributed by atoms with Crippen molar-refractivity contribution in [3.05, 3.63) is 53.6 Å². The number of rotatable bonds is 5. The highest BCUT2D eigenvalue weighted by atomic mass is 16.5. The first-order chi connectivity index (χ1) is 12.2. The molecule has 2 fully saturated rings.